The third kappa shape index (κ3) is 1.84. The Kier molecular flexibility index (Phi) is 1.96. The minimum Gasteiger partial charge on any atom is -0.323 e. The number of hydrogen-bond acceptors (Lipinski definition) is 3. The largest absolute Gasteiger partial charge is 0.323 e. The van der Waals surface area contributed by atoms with Gasteiger partial charge in [0.25, 0.3) is 0 Å². The molecule has 13 heavy (non-hydrogen) atoms. The first kappa shape index (κ1) is 7.79. The van der Waals surface area contributed by atoms with Gasteiger partial charge < -0.3 is 5.32 Å². The van der Waals surface area contributed by atoms with Crippen molar-refractivity contribution in [1.29, 1.82) is 0 Å². The Hall–Kier alpha value is -1.84. The molecule has 0 unspecified atom stereocenters. The predicted octanol–water partition coefficient (Wildman–Crippen LogP) is 1.56. The monoisotopic (exact) mass is 174 g/mol. The van der Waals surface area contributed by atoms with Crippen molar-refractivity contribution in [3.8, 4) is 0 Å². The zero-order chi connectivity index (χ0) is 9.10. The maximum absolute atomic E-state index is 4.10. The molecule has 0 aliphatic rings. The number of anilines is 2. The second-order valence-corrected chi connectivity index (χ2v) is 2.73. The van der Waals surface area contributed by atoms with Crippen LogP contribution in [0.2, 0.25) is 0 Å². The van der Waals surface area contributed by atoms with Crippen LogP contribution in [0, 0.1) is 0 Å². The van der Waals surface area contributed by atoms with Crippen LogP contribution in [-0.2, 0) is 7.05 Å². The molecule has 4 heteroatoms. The van der Waals surface area contributed by atoms with Gasteiger partial charge >= 0.3 is 0 Å². The summed E-state index contributed by atoms with van der Waals surface area (Å²) in [7, 11) is 1.84. The minimum atomic E-state index is 0.619. The number of nitrogens with zero attached hydrogens (tertiary/aromatic N) is 3. The molecule has 66 valence electrons. The van der Waals surface area contributed by atoms with E-state index in [0.29, 0.717) is 5.95 Å². The Morgan fingerprint density at radius 1 is 1.23 bits per heavy atom. The summed E-state index contributed by atoms with van der Waals surface area (Å²) in [5.41, 5.74) is 0.994. The van der Waals surface area contributed by atoms with Gasteiger partial charge in [-0.05, 0) is 12.1 Å². The summed E-state index contributed by atoms with van der Waals surface area (Å²) < 4.78 is 1.66. The van der Waals surface area contributed by atoms with E-state index in [2.05, 4.69) is 15.4 Å². The number of rotatable bonds is 2. The van der Waals surface area contributed by atoms with E-state index in [1.807, 2.05) is 37.4 Å². The lowest BCUT2D eigenvalue weighted by molar-refractivity contribution is 0.768. The molecule has 0 bridgehead atoms. The standard InChI is InChI=1S/C9H10N4/c1-13-7-10-9(12-13)11-8-5-3-2-4-6-8/h2-7H,1H3,(H,11,12). The first-order chi connectivity index (χ1) is 6.34. The Balaban J connectivity index is 2.15. The van der Waals surface area contributed by atoms with Crippen molar-refractivity contribution >= 4 is 11.6 Å². The lowest BCUT2D eigenvalue weighted by Gasteiger charge is -1.99. The SMILES string of the molecule is Cn1cnc(Nc2ccccc2)n1. The summed E-state index contributed by atoms with van der Waals surface area (Å²) in [4.78, 5) is 4.05. The molecule has 0 amide bonds. The fraction of sp³-hybridized carbons (Fsp3) is 0.111. The first-order valence-corrected chi connectivity index (χ1v) is 4.02. The highest BCUT2D eigenvalue weighted by molar-refractivity contribution is 5.51. The normalized spacial score (nSPS) is 9.92. The summed E-state index contributed by atoms with van der Waals surface area (Å²) in [5.74, 6) is 0.619. The fourth-order valence-corrected chi connectivity index (χ4v) is 1.05. The lowest BCUT2D eigenvalue weighted by Crippen LogP contribution is -1.93. The molecule has 0 radical (unpaired) electrons. The molecule has 0 aliphatic heterocycles. The second-order valence-electron chi connectivity index (χ2n) is 2.73. The lowest BCUT2D eigenvalue weighted by atomic mass is 10.3. The van der Waals surface area contributed by atoms with Crippen molar-refractivity contribution in [3.05, 3.63) is 36.7 Å². The van der Waals surface area contributed by atoms with Gasteiger partial charge in [-0.15, -0.1) is 5.10 Å². The molecule has 0 aliphatic carbocycles. The van der Waals surface area contributed by atoms with Crippen molar-refractivity contribution in [3.63, 3.8) is 0 Å². The number of benzene rings is 1. The zero-order valence-corrected chi connectivity index (χ0v) is 7.31. The van der Waals surface area contributed by atoms with E-state index >= 15 is 0 Å². The fourth-order valence-electron chi connectivity index (χ4n) is 1.05. The smallest absolute Gasteiger partial charge is 0.246 e. The van der Waals surface area contributed by atoms with Crippen molar-refractivity contribution in [2.24, 2.45) is 7.05 Å². The number of nitrogens with one attached hydrogen (secondary N) is 1. The Morgan fingerprint density at radius 3 is 2.62 bits per heavy atom. The summed E-state index contributed by atoms with van der Waals surface area (Å²) in [6.45, 7) is 0. The topological polar surface area (TPSA) is 42.7 Å². The molecular formula is C9H10N4. The summed E-state index contributed by atoms with van der Waals surface area (Å²) in [6.07, 6.45) is 1.66. The number of aromatic nitrogens is 3. The van der Waals surface area contributed by atoms with Crippen LogP contribution < -0.4 is 5.32 Å². The quantitative estimate of drug-likeness (QED) is 0.751. The van der Waals surface area contributed by atoms with E-state index in [-0.39, 0.29) is 0 Å². The van der Waals surface area contributed by atoms with Crippen molar-refractivity contribution in [1.82, 2.24) is 14.8 Å². The van der Waals surface area contributed by atoms with Gasteiger partial charge in [-0.3, -0.25) is 4.68 Å². The Bertz CT molecular complexity index is 380. The van der Waals surface area contributed by atoms with Crippen LogP contribution in [-0.4, -0.2) is 14.8 Å². The van der Waals surface area contributed by atoms with Crippen LogP contribution in [0.1, 0.15) is 0 Å². The van der Waals surface area contributed by atoms with Crippen molar-refractivity contribution in [2.45, 2.75) is 0 Å². The number of para-hydroxylation sites is 1. The second kappa shape index (κ2) is 3.26. The molecule has 4 nitrogen and oxygen atoms in total. The van der Waals surface area contributed by atoms with Crippen molar-refractivity contribution < 1.29 is 0 Å². The van der Waals surface area contributed by atoms with Crippen LogP contribution in [0.3, 0.4) is 0 Å². The maximum atomic E-state index is 4.10. The summed E-state index contributed by atoms with van der Waals surface area (Å²) in [6, 6.07) is 9.83. The van der Waals surface area contributed by atoms with Gasteiger partial charge in [0, 0.05) is 12.7 Å². The molecule has 0 fully saturated rings. The highest BCUT2D eigenvalue weighted by Gasteiger charge is 1.96. The average molecular weight is 174 g/mol. The van der Waals surface area contributed by atoms with Crippen LogP contribution in [0.5, 0.6) is 0 Å². The van der Waals surface area contributed by atoms with Gasteiger partial charge in [0.05, 0.1) is 0 Å². The van der Waals surface area contributed by atoms with E-state index in [4.69, 9.17) is 0 Å². The molecule has 0 saturated heterocycles. The molecular weight excluding hydrogens is 164 g/mol. The third-order valence-electron chi connectivity index (χ3n) is 1.63. The Labute approximate surface area is 76.2 Å². The molecule has 1 N–H and O–H groups in total. The van der Waals surface area contributed by atoms with E-state index < -0.39 is 0 Å². The molecule has 1 aromatic carbocycles. The average Bonchev–Trinajstić information content (AvgIpc) is 2.53. The van der Waals surface area contributed by atoms with Crippen molar-refractivity contribution in [2.75, 3.05) is 5.32 Å². The molecule has 1 heterocycles. The molecule has 2 rings (SSSR count). The van der Waals surface area contributed by atoms with Gasteiger partial charge in [0.2, 0.25) is 5.95 Å². The van der Waals surface area contributed by atoms with Crippen LogP contribution in [0.4, 0.5) is 11.6 Å². The summed E-state index contributed by atoms with van der Waals surface area (Å²) >= 11 is 0. The zero-order valence-electron chi connectivity index (χ0n) is 7.31. The van der Waals surface area contributed by atoms with Crippen LogP contribution in [0.15, 0.2) is 36.7 Å². The number of hydrogen-bond donors (Lipinski definition) is 1. The molecule has 1 aromatic heterocycles. The van der Waals surface area contributed by atoms with Crippen LogP contribution >= 0.6 is 0 Å². The molecule has 0 saturated carbocycles. The highest BCUT2D eigenvalue weighted by atomic mass is 15.4. The number of aryl methyl sites for hydroxylation is 1. The maximum Gasteiger partial charge on any atom is 0.246 e. The van der Waals surface area contributed by atoms with Gasteiger partial charge in [-0.1, -0.05) is 18.2 Å². The van der Waals surface area contributed by atoms with E-state index in [9.17, 15) is 0 Å². The van der Waals surface area contributed by atoms with Gasteiger partial charge in [0.1, 0.15) is 6.33 Å². The van der Waals surface area contributed by atoms with Gasteiger partial charge in [-0.25, -0.2) is 4.98 Å². The van der Waals surface area contributed by atoms with E-state index in [1.54, 1.807) is 11.0 Å². The Morgan fingerprint density at radius 2 is 2.00 bits per heavy atom. The predicted molar refractivity (Wildman–Crippen MR) is 50.7 cm³/mol. The minimum absolute atomic E-state index is 0.619. The third-order valence-corrected chi connectivity index (χ3v) is 1.63. The van der Waals surface area contributed by atoms with Gasteiger partial charge in [0.15, 0.2) is 0 Å². The molecule has 2 aromatic rings. The molecule has 0 spiro atoms. The first-order valence-electron chi connectivity index (χ1n) is 4.02. The van der Waals surface area contributed by atoms with Gasteiger partial charge in [-0.2, -0.15) is 0 Å². The van der Waals surface area contributed by atoms with Crippen LogP contribution in [0.25, 0.3) is 0 Å². The summed E-state index contributed by atoms with van der Waals surface area (Å²) in [5, 5.41) is 7.18. The van der Waals surface area contributed by atoms with E-state index in [0.717, 1.165) is 5.69 Å². The highest BCUT2D eigenvalue weighted by Crippen LogP contribution is 2.10. The molecule has 0 atom stereocenters. The van der Waals surface area contributed by atoms with E-state index in [1.165, 1.54) is 0 Å².